The van der Waals surface area contributed by atoms with Crippen molar-refractivity contribution in [3.63, 3.8) is 0 Å². The van der Waals surface area contributed by atoms with E-state index >= 15 is 0 Å². The van der Waals surface area contributed by atoms with Gasteiger partial charge in [0.05, 0.1) is 6.10 Å². The number of likely N-dealkylation sites (tertiary alicyclic amines) is 1. The normalized spacial score (nSPS) is 26.2. The second kappa shape index (κ2) is 5.01. The maximum atomic E-state index is 5.26. The lowest BCUT2D eigenvalue weighted by molar-refractivity contribution is 0.108. The first-order chi connectivity index (χ1) is 5.36. The summed E-state index contributed by atoms with van der Waals surface area (Å²) in [6, 6.07) is 0. The zero-order valence-electron chi connectivity index (χ0n) is 7.12. The maximum absolute atomic E-state index is 5.26. The highest BCUT2D eigenvalue weighted by Crippen LogP contribution is 2.11. The number of nitrogens with zero attached hydrogens (tertiary/aromatic N) is 1. The molecule has 1 aliphatic rings. The van der Waals surface area contributed by atoms with E-state index in [2.05, 4.69) is 17.5 Å². The van der Waals surface area contributed by atoms with Crippen LogP contribution in [0.4, 0.5) is 0 Å². The van der Waals surface area contributed by atoms with Crippen molar-refractivity contribution in [3.05, 3.63) is 0 Å². The summed E-state index contributed by atoms with van der Waals surface area (Å²) >= 11 is 4.18. The van der Waals surface area contributed by atoms with Crippen LogP contribution in [0, 0.1) is 0 Å². The van der Waals surface area contributed by atoms with Gasteiger partial charge in [0.2, 0.25) is 0 Å². The molecular weight excluding hydrogens is 158 g/mol. The van der Waals surface area contributed by atoms with Crippen molar-refractivity contribution in [2.45, 2.75) is 18.9 Å². The largest absolute Gasteiger partial charge is 0.380 e. The summed E-state index contributed by atoms with van der Waals surface area (Å²) in [5.74, 6) is 0.994. The highest BCUT2D eigenvalue weighted by molar-refractivity contribution is 7.80. The van der Waals surface area contributed by atoms with Gasteiger partial charge in [-0.3, -0.25) is 0 Å². The lowest BCUT2D eigenvalue weighted by Crippen LogP contribution is -2.24. The third-order valence-corrected chi connectivity index (χ3v) is 2.51. The van der Waals surface area contributed by atoms with Crippen molar-refractivity contribution in [1.29, 1.82) is 0 Å². The molecule has 0 spiro atoms. The number of hydrogen-bond acceptors (Lipinski definition) is 3. The maximum Gasteiger partial charge on any atom is 0.0710 e. The SMILES string of the molecule is COC1CCN(CCCS)C1. The highest BCUT2D eigenvalue weighted by Gasteiger charge is 2.20. The number of ether oxygens (including phenoxy) is 1. The molecule has 0 N–H and O–H groups in total. The van der Waals surface area contributed by atoms with Crippen molar-refractivity contribution in [1.82, 2.24) is 4.90 Å². The Kier molecular flexibility index (Phi) is 4.26. The van der Waals surface area contributed by atoms with E-state index in [0.29, 0.717) is 6.10 Å². The van der Waals surface area contributed by atoms with Gasteiger partial charge in [0, 0.05) is 20.2 Å². The summed E-state index contributed by atoms with van der Waals surface area (Å²) in [7, 11) is 1.80. The molecule has 2 nitrogen and oxygen atoms in total. The van der Waals surface area contributed by atoms with Crippen molar-refractivity contribution < 1.29 is 4.74 Å². The molecule has 0 aromatic carbocycles. The van der Waals surface area contributed by atoms with Crippen molar-refractivity contribution in [2.24, 2.45) is 0 Å². The van der Waals surface area contributed by atoms with E-state index in [0.717, 1.165) is 12.3 Å². The summed E-state index contributed by atoms with van der Waals surface area (Å²) < 4.78 is 5.26. The minimum Gasteiger partial charge on any atom is -0.380 e. The van der Waals surface area contributed by atoms with Crippen LogP contribution >= 0.6 is 12.6 Å². The van der Waals surface area contributed by atoms with E-state index in [9.17, 15) is 0 Å². The van der Waals surface area contributed by atoms with Gasteiger partial charge in [0.1, 0.15) is 0 Å². The van der Waals surface area contributed by atoms with E-state index < -0.39 is 0 Å². The van der Waals surface area contributed by atoms with Crippen molar-refractivity contribution in [3.8, 4) is 0 Å². The molecule has 1 saturated heterocycles. The van der Waals surface area contributed by atoms with Gasteiger partial charge in [-0.15, -0.1) is 0 Å². The Morgan fingerprint density at radius 2 is 2.45 bits per heavy atom. The predicted molar refractivity (Wildman–Crippen MR) is 50.3 cm³/mol. The zero-order chi connectivity index (χ0) is 8.10. The van der Waals surface area contributed by atoms with Gasteiger partial charge >= 0.3 is 0 Å². The third kappa shape index (κ3) is 3.01. The molecule has 11 heavy (non-hydrogen) atoms. The Morgan fingerprint density at radius 1 is 1.64 bits per heavy atom. The summed E-state index contributed by atoms with van der Waals surface area (Å²) in [5.41, 5.74) is 0. The Labute approximate surface area is 74.3 Å². The first-order valence-corrected chi connectivity index (χ1v) is 4.86. The van der Waals surface area contributed by atoms with Gasteiger partial charge in [0.15, 0.2) is 0 Å². The first kappa shape index (κ1) is 9.36. The molecule has 0 bridgehead atoms. The third-order valence-electron chi connectivity index (χ3n) is 2.19. The van der Waals surface area contributed by atoms with Crippen LogP contribution in [0.5, 0.6) is 0 Å². The number of thiol groups is 1. The van der Waals surface area contributed by atoms with Crippen molar-refractivity contribution in [2.75, 3.05) is 32.5 Å². The molecule has 0 amide bonds. The summed E-state index contributed by atoms with van der Waals surface area (Å²) in [5, 5.41) is 0. The molecule has 0 radical (unpaired) electrons. The molecule has 1 heterocycles. The lowest BCUT2D eigenvalue weighted by atomic mass is 10.3. The molecule has 66 valence electrons. The van der Waals surface area contributed by atoms with Gasteiger partial charge in [-0.25, -0.2) is 0 Å². The average Bonchev–Trinajstić information content (AvgIpc) is 2.48. The first-order valence-electron chi connectivity index (χ1n) is 4.23. The Balaban J connectivity index is 2.09. The van der Waals surface area contributed by atoms with Gasteiger partial charge in [-0.05, 0) is 25.1 Å². The molecule has 0 aromatic heterocycles. The second-order valence-electron chi connectivity index (χ2n) is 3.02. The van der Waals surface area contributed by atoms with Gasteiger partial charge in [0.25, 0.3) is 0 Å². The molecule has 0 saturated carbocycles. The van der Waals surface area contributed by atoms with E-state index in [1.54, 1.807) is 7.11 Å². The molecule has 1 aliphatic heterocycles. The van der Waals surface area contributed by atoms with Crippen LogP contribution in [0.3, 0.4) is 0 Å². The number of hydrogen-bond donors (Lipinski definition) is 1. The highest BCUT2D eigenvalue weighted by atomic mass is 32.1. The Hall–Kier alpha value is 0.270. The van der Waals surface area contributed by atoms with E-state index in [1.807, 2.05) is 0 Å². The van der Waals surface area contributed by atoms with Gasteiger partial charge in [-0.2, -0.15) is 12.6 Å². The van der Waals surface area contributed by atoms with Crippen LogP contribution in [0.15, 0.2) is 0 Å². The molecular formula is C8H17NOS. The summed E-state index contributed by atoms with van der Waals surface area (Å²) in [4.78, 5) is 2.45. The smallest absolute Gasteiger partial charge is 0.0710 e. The summed E-state index contributed by atoms with van der Waals surface area (Å²) in [6.45, 7) is 3.50. The average molecular weight is 175 g/mol. The molecule has 1 fully saturated rings. The van der Waals surface area contributed by atoms with Crippen LogP contribution in [0.2, 0.25) is 0 Å². The molecule has 1 unspecified atom stereocenters. The zero-order valence-corrected chi connectivity index (χ0v) is 8.02. The molecule has 1 rings (SSSR count). The minimum absolute atomic E-state index is 0.481. The molecule has 3 heteroatoms. The Bertz CT molecular complexity index is 110. The molecule has 1 atom stereocenters. The minimum atomic E-state index is 0.481. The Morgan fingerprint density at radius 3 is 3.00 bits per heavy atom. The fourth-order valence-corrected chi connectivity index (χ4v) is 1.63. The fourth-order valence-electron chi connectivity index (χ4n) is 1.49. The lowest BCUT2D eigenvalue weighted by Gasteiger charge is -2.13. The van der Waals surface area contributed by atoms with E-state index in [-0.39, 0.29) is 0 Å². The van der Waals surface area contributed by atoms with Crippen molar-refractivity contribution >= 4 is 12.6 Å². The standard InChI is InChI=1S/C8H17NOS/c1-10-8-3-5-9(7-8)4-2-6-11/h8,11H,2-7H2,1H3. The number of rotatable bonds is 4. The fraction of sp³-hybridized carbons (Fsp3) is 1.00. The molecule has 0 aromatic rings. The quantitative estimate of drug-likeness (QED) is 0.641. The van der Waals surface area contributed by atoms with Crippen LogP contribution in [-0.4, -0.2) is 43.5 Å². The molecule has 0 aliphatic carbocycles. The van der Waals surface area contributed by atoms with E-state index in [1.165, 1.54) is 25.9 Å². The topological polar surface area (TPSA) is 12.5 Å². The van der Waals surface area contributed by atoms with Crippen LogP contribution < -0.4 is 0 Å². The van der Waals surface area contributed by atoms with Crippen LogP contribution in [-0.2, 0) is 4.74 Å². The summed E-state index contributed by atoms with van der Waals surface area (Å²) in [6.07, 6.45) is 2.87. The van der Waals surface area contributed by atoms with Gasteiger partial charge < -0.3 is 9.64 Å². The number of methoxy groups -OCH3 is 1. The monoisotopic (exact) mass is 175 g/mol. The van der Waals surface area contributed by atoms with Crippen LogP contribution in [0.25, 0.3) is 0 Å². The van der Waals surface area contributed by atoms with Gasteiger partial charge in [-0.1, -0.05) is 0 Å². The van der Waals surface area contributed by atoms with Crippen LogP contribution in [0.1, 0.15) is 12.8 Å². The van der Waals surface area contributed by atoms with E-state index in [4.69, 9.17) is 4.74 Å². The second-order valence-corrected chi connectivity index (χ2v) is 3.47. The predicted octanol–water partition coefficient (Wildman–Crippen LogP) is 1.03.